The van der Waals surface area contributed by atoms with Crippen LogP contribution in [0.3, 0.4) is 0 Å². The zero-order chi connectivity index (χ0) is 13.9. The summed E-state index contributed by atoms with van der Waals surface area (Å²) in [5.74, 6) is 0. The Morgan fingerprint density at radius 2 is 2.25 bits per heavy atom. The number of nitrogens with two attached hydrogens (primary N) is 1. The van der Waals surface area contributed by atoms with Gasteiger partial charge in [-0.1, -0.05) is 19.1 Å². The Bertz CT molecular complexity index is 607. The minimum Gasteiger partial charge on any atom is -0.399 e. The van der Waals surface area contributed by atoms with Crippen molar-refractivity contribution in [2.24, 2.45) is 0 Å². The van der Waals surface area contributed by atoms with Gasteiger partial charge in [-0.05, 0) is 54.2 Å². The lowest BCUT2D eigenvalue weighted by Gasteiger charge is -2.15. The molecule has 1 aliphatic carbocycles. The van der Waals surface area contributed by atoms with Crippen molar-refractivity contribution in [2.45, 2.75) is 38.8 Å². The lowest BCUT2D eigenvalue weighted by Crippen LogP contribution is -2.20. The fourth-order valence-electron chi connectivity index (χ4n) is 3.02. The Hall–Kier alpha value is -1.87. The highest BCUT2D eigenvalue weighted by Gasteiger charge is 2.22. The molecule has 3 N–H and O–H groups in total. The summed E-state index contributed by atoms with van der Waals surface area (Å²) in [7, 11) is 0. The number of hydrogen-bond donors (Lipinski definition) is 2. The highest BCUT2D eigenvalue weighted by atomic mass is 14.9. The van der Waals surface area contributed by atoms with Gasteiger partial charge in [-0.2, -0.15) is 0 Å². The van der Waals surface area contributed by atoms with E-state index in [1.54, 1.807) is 0 Å². The minimum absolute atomic E-state index is 0.428. The minimum atomic E-state index is 0.428. The van der Waals surface area contributed by atoms with Crippen LogP contribution < -0.4 is 11.1 Å². The number of rotatable bonds is 4. The van der Waals surface area contributed by atoms with Gasteiger partial charge in [0.25, 0.3) is 0 Å². The van der Waals surface area contributed by atoms with Crippen molar-refractivity contribution in [3.8, 4) is 0 Å². The first-order valence-corrected chi connectivity index (χ1v) is 7.32. The molecule has 3 heteroatoms. The van der Waals surface area contributed by atoms with Gasteiger partial charge < -0.3 is 11.1 Å². The lowest BCUT2D eigenvalue weighted by molar-refractivity contribution is 0.523. The Morgan fingerprint density at radius 1 is 1.35 bits per heavy atom. The second-order valence-corrected chi connectivity index (χ2v) is 5.39. The molecule has 3 nitrogen and oxygen atoms in total. The SMILES string of the molecule is CCc1cccnc1CNC1CCc2cc(N)ccc21. The zero-order valence-electron chi connectivity index (χ0n) is 11.9. The third kappa shape index (κ3) is 2.54. The fourth-order valence-corrected chi connectivity index (χ4v) is 3.02. The summed E-state index contributed by atoms with van der Waals surface area (Å²) in [4.78, 5) is 4.50. The van der Waals surface area contributed by atoms with E-state index in [1.807, 2.05) is 18.3 Å². The van der Waals surface area contributed by atoms with Crippen molar-refractivity contribution in [3.05, 3.63) is 58.9 Å². The number of hydrogen-bond acceptors (Lipinski definition) is 3. The number of fused-ring (bicyclic) bond motifs is 1. The molecule has 1 aromatic heterocycles. The van der Waals surface area contributed by atoms with E-state index in [2.05, 4.69) is 35.4 Å². The van der Waals surface area contributed by atoms with E-state index in [9.17, 15) is 0 Å². The number of nitrogens with one attached hydrogen (secondary N) is 1. The summed E-state index contributed by atoms with van der Waals surface area (Å²) in [6, 6.07) is 10.9. The Morgan fingerprint density at radius 3 is 3.10 bits per heavy atom. The zero-order valence-corrected chi connectivity index (χ0v) is 11.9. The van der Waals surface area contributed by atoms with Crippen molar-refractivity contribution in [2.75, 3.05) is 5.73 Å². The average molecular weight is 267 g/mol. The Balaban J connectivity index is 1.72. The number of nitrogens with zero attached hydrogens (tertiary/aromatic N) is 1. The standard InChI is InChI=1S/C17H21N3/c1-2-12-4-3-9-19-17(12)11-20-16-8-5-13-10-14(18)6-7-15(13)16/h3-4,6-7,9-10,16,20H,2,5,8,11,18H2,1H3. The Kier molecular flexibility index (Phi) is 3.70. The number of aryl methyl sites for hydroxylation is 2. The molecule has 0 fully saturated rings. The quantitative estimate of drug-likeness (QED) is 0.837. The number of pyridine rings is 1. The highest BCUT2D eigenvalue weighted by Crippen LogP contribution is 2.32. The van der Waals surface area contributed by atoms with Crippen LogP contribution in [0.2, 0.25) is 0 Å². The number of aromatic nitrogens is 1. The number of anilines is 1. The van der Waals surface area contributed by atoms with Crippen LogP contribution in [-0.2, 0) is 19.4 Å². The molecule has 0 saturated heterocycles. The predicted molar refractivity (Wildman–Crippen MR) is 82.4 cm³/mol. The number of benzene rings is 1. The fraction of sp³-hybridized carbons (Fsp3) is 0.353. The molecule has 1 aromatic carbocycles. The van der Waals surface area contributed by atoms with Crippen molar-refractivity contribution in [3.63, 3.8) is 0 Å². The topological polar surface area (TPSA) is 50.9 Å². The molecule has 0 radical (unpaired) electrons. The molecule has 2 aromatic rings. The molecule has 0 spiro atoms. The predicted octanol–water partition coefficient (Wildman–Crippen LogP) is 3.00. The molecule has 0 saturated carbocycles. The smallest absolute Gasteiger partial charge is 0.0573 e. The summed E-state index contributed by atoms with van der Waals surface area (Å²) in [6.07, 6.45) is 5.16. The average Bonchev–Trinajstić information content (AvgIpc) is 2.87. The summed E-state index contributed by atoms with van der Waals surface area (Å²) >= 11 is 0. The molecule has 1 heterocycles. The molecule has 0 bridgehead atoms. The first-order valence-electron chi connectivity index (χ1n) is 7.32. The molecule has 104 valence electrons. The van der Waals surface area contributed by atoms with Crippen molar-refractivity contribution >= 4 is 5.69 Å². The van der Waals surface area contributed by atoms with Crippen LogP contribution in [0.4, 0.5) is 5.69 Å². The van der Waals surface area contributed by atoms with Crippen LogP contribution in [0, 0.1) is 0 Å². The number of nitrogen functional groups attached to an aromatic ring is 1. The van der Waals surface area contributed by atoms with Crippen LogP contribution in [0.25, 0.3) is 0 Å². The molecule has 1 aliphatic rings. The molecule has 3 rings (SSSR count). The molecular weight excluding hydrogens is 246 g/mol. The second-order valence-electron chi connectivity index (χ2n) is 5.39. The highest BCUT2D eigenvalue weighted by molar-refractivity contribution is 5.47. The third-order valence-corrected chi connectivity index (χ3v) is 4.13. The molecule has 20 heavy (non-hydrogen) atoms. The first kappa shape index (κ1) is 13.1. The van der Waals surface area contributed by atoms with E-state index >= 15 is 0 Å². The monoisotopic (exact) mass is 267 g/mol. The van der Waals surface area contributed by atoms with E-state index < -0.39 is 0 Å². The van der Waals surface area contributed by atoms with Gasteiger partial charge in [0, 0.05) is 24.5 Å². The van der Waals surface area contributed by atoms with Crippen molar-refractivity contribution in [1.29, 1.82) is 0 Å². The normalized spacial score (nSPS) is 17.1. The van der Waals surface area contributed by atoms with Crippen molar-refractivity contribution < 1.29 is 0 Å². The van der Waals surface area contributed by atoms with Crippen molar-refractivity contribution in [1.82, 2.24) is 10.3 Å². The van der Waals surface area contributed by atoms with Crippen LogP contribution in [0.1, 0.15) is 41.8 Å². The van der Waals surface area contributed by atoms with Gasteiger partial charge in [0.15, 0.2) is 0 Å². The maximum absolute atomic E-state index is 5.85. The molecule has 1 unspecified atom stereocenters. The van der Waals surface area contributed by atoms with Crippen LogP contribution in [0.15, 0.2) is 36.5 Å². The summed E-state index contributed by atoms with van der Waals surface area (Å²) in [5, 5.41) is 3.64. The van der Waals surface area contributed by atoms with Crippen LogP contribution in [-0.4, -0.2) is 4.98 Å². The lowest BCUT2D eigenvalue weighted by atomic mass is 10.1. The Labute approximate surface area is 120 Å². The van der Waals surface area contributed by atoms with Gasteiger partial charge in [-0.3, -0.25) is 4.98 Å². The van der Waals surface area contributed by atoms with Gasteiger partial charge in [0.05, 0.1) is 5.69 Å². The maximum Gasteiger partial charge on any atom is 0.0573 e. The van der Waals surface area contributed by atoms with Gasteiger partial charge >= 0.3 is 0 Å². The largest absolute Gasteiger partial charge is 0.399 e. The van der Waals surface area contributed by atoms with Gasteiger partial charge in [0.2, 0.25) is 0 Å². The van der Waals surface area contributed by atoms with Gasteiger partial charge in [-0.15, -0.1) is 0 Å². The van der Waals surface area contributed by atoms with E-state index in [0.717, 1.165) is 31.5 Å². The molecule has 1 atom stereocenters. The van der Waals surface area contributed by atoms with Gasteiger partial charge in [-0.25, -0.2) is 0 Å². The summed E-state index contributed by atoms with van der Waals surface area (Å²) in [6.45, 7) is 3.01. The molecule has 0 amide bonds. The van der Waals surface area contributed by atoms with E-state index in [4.69, 9.17) is 5.73 Å². The van der Waals surface area contributed by atoms with E-state index in [1.165, 1.54) is 22.4 Å². The summed E-state index contributed by atoms with van der Waals surface area (Å²) in [5.41, 5.74) is 12.0. The molecule has 0 aliphatic heterocycles. The first-order chi connectivity index (χ1) is 9.78. The second kappa shape index (κ2) is 5.63. The van der Waals surface area contributed by atoms with Crippen LogP contribution in [0.5, 0.6) is 0 Å². The summed E-state index contributed by atoms with van der Waals surface area (Å²) < 4.78 is 0. The van der Waals surface area contributed by atoms with E-state index in [0.29, 0.717) is 6.04 Å². The third-order valence-electron chi connectivity index (χ3n) is 4.13. The maximum atomic E-state index is 5.85. The molecular formula is C17H21N3. The van der Waals surface area contributed by atoms with Crippen LogP contribution >= 0.6 is 0 Å². The van der Waals surface area contributed by atoms with E-state index in [-0.39, 0.29) is 0 Å². The van der Waals surface area contributed by atoms with Gasteiger partial charge in [0.1, 0.15) is 0 Å².